The Hall–Kier alpha value is -10.6. The molecule has 1 aromatic carbocycles. The SMILES string of the molecule is CC[C@H](C)[C@H](NC(=O)[C@H](CCCCN=C(N)N)NC(=O)[C@@H](NC(=O)[C@H](C)NC(=O)[C@@H](NC(=O)[C@@H](NC(=O)[C@H](CC(C)C)NC(=O)[C@H](CCCN=C(N)N)NC(=O)[C@@H](N)C(C)C)[C@@H](C)CC)C(C)C)C(C)C)C(=O)N[C@@H](Cc1c[nH]c2ccccc12)C(=O)N[C@@H](CCCN=C(N)N)C(=O)N[C@@H](CCCN=C(N)N)C(N)=O. The molecule has 1 aromatic heterocycles. The minimum absolute atomic E-state index is 0.0356. The molecule has 618 valence electrons. The molecule has 0 saturated carbocycles. The van der Waals surface area contributed by atoms with E-state index in [-0.39, 0.29) is 126 Å². The fourth-order valence-electron chi connectivity index (χ4n) is 11.5. The lowest BCUT2D eigenvalue weighted by Crippen LogP contribution is -2.62. The summed E-state index contributed by atoms with van der Waals surface area (Å²) in [6.07, 6.45) is 3.61. The Bertz CT molecular complexity index is 3470. The van der Waals surface area contributed by atoms with Crippen molar-refractivity contribution in [3.8, 4) is 0 Å². The van der Waals surface area contributed by atoms with Crippen molar-refractivity contribution in [1.29, 1.82) is 0 Å². The lowest BCUT2D eigenvalue weighted by Gasteiger charge is -2.31. The van der Waals surface area contributed by atoms with Gasteiger partial charge in [-0.15, -0.1) is 0 Å². The molecule has 0 aliphatic heterocycles. The van der Waals surface area contributed by atoms with Gasteiger partial charge in [-0.3, -0.25) is 77.5 Å². The Morgan fingerprint density at radius 2 is 0.718 bits per heavy atom. The first-order chi connectivity index (χ1) is 51.6. The van der Waals surface area contributed by atoms with Crippen LogP contribution in [-0.4, -0.2) is 198 Å². The van der Waals surface area contributed by atoms with Crippen molar-refractivity contribution in [3.05, 3.63) is 36.0 Å². The predicted octanol–water partition coefficient (Wildman–Crippen LogP) is -3.41. The van der Waals surface area contributed by atoms with Gasteiger partial charge in [0.15, 0.2) is 23.8 Å². The van der Waals surface area contributed by atoms with Crippen molar-refractivity contribution in [1.82, 2.24) is 63.5 Å². The Morgan fingerprint density at radius 3 is 1.16 bits per heavy atom. The number of primary amides is 1. The largest absolute Gasteiger partial charge is 0.370 e. The summed E-state index contributed by atoms with van der Waals surface area (Å²) in [6.45, 7) is 22.6. The number of carbonyl (C=O) groups is 12. The van der Waals surface area contributed by atoms with Crippen LogP contribution in [0.5, 0.6) is 0 Å². The van der Waals surface area contributed by atoms with Crippen LogP contribution < -0.4 is 116 Å². The van der Waals surface area contributed by atoms with Crippen LogP contribution >= 0.6 is 0 Å². The highest BCUT2D eigenvalue weighted by molar-refractivity contribution is 6.00. The number of hydrogen-bond donors (Lipinski definition) is 22. The second kappa shape index (κ2) is 48.8. The second-order valence-corrected chi connectivity index (χ2v) is 29.3. The Kier molecular flexibility index (Phi) is 42.3. The molecule has 2 aromatic rings. The Labute approximate surface area is 645 Å². The third-order valence-electron chi connectivity index (χ3n) is 18.5. The number of rotatable bonds is 51. The number of benzene rings is 1. The van der Waals surface area contributed by atoms with Crippen molar-refractivity contribution in [2.24, 2.45) is 113 Å². The molecule has 12 amide bonds. The maximum Gasteiger partial charge on any atom is 0.243 e. The molecule has 0 unspecified atom stereocenters. The molecule has 0 bridgehead atoms. The zero-order valence-corrected chi connectivity index (χ0v) is 66.3. The number of aliphatic imine (C=N–C) groups is 4. The number of unbranched alkanes of at least 4 members (excludes halogenated alkanes) is 1. The zero-order chi connectivity index (χ0) is 83.2. The summed E-state index contributed by atoms with van der Waals surface area (Å²) in [4.78, 5) is 190. The van der Waals surface area contributed by atoms with Gasteiger partial charge in [0.05, 0.1) is 6.04 Å². The van der Waals surface area contributed by atoms with E-state index >= 15 is 0 Å². The van der Waals surface area contributed by atoms with Gasteiger partial charge in [0.2, 0.25) is 70.9 Å². The maximum absolute atomic E-state index is 15.0. The lowest BCUT2D eigenvalue weighted by molar-refractivity contribution is -0.137. The molecule has 32 N–H and O–H groups in total. The van der Waals surface area contributed by atoms with Crippen LogP contribution in [0.4, 0.5) is 0 Å². The minimum atomic E-state index is -1.44. The van der Waals surface area contributed by atoms with Crippen molar-refractivity contribution in [2.75, 3.05) is 26.2 Å². The topological polar surface area (TPSA) is 663 Å². The van der Waals surface area contributed by atoms with E-state index in [1.165, 1.54) is 6.92 Å². The smallest absolute Gasteiger partial charge is 0.243 e. The lowest BCUT2D eigenvalue weighted by atomic mass is 9.95. The Morgan fingerprint density at radius 1 is 0.373 bits per heavy atom. The summed E-state index contributed by atoms with van der Waals surface area (Å²) in [6, 6.07) is -8.05. The molecule has 0 saturated heterocycles. The van der Waals surface area contributed by atoms with Gasteiger partial charge in [-0.25, -0.2) is 0 Å². The van der Waals surface area contributed by atoms with E-state index in [1.54, 1.807) is 81.5 Å². The van der Waals surface area contributed by atoms with Crippen LogP contribution in [0, 0.1) is 35.5 Å². The third kappa shape index (κ3) is 34.3. The van der Waals surface area contributed by atoms with Crippen molar-refractivity contribution in [2.45, 2.75) is 246 Å². The number of carbonyl (C=O) groups excluding carboxylic acids is 12. The molecule has 110 heavy (non-hydrogen) atoms. The molecular formula is C72H128N26O12. The molecule has 38 nitrogen and oxygen atoms in total. The zero-order valence-electron chi connectivity index (χ0n) is 66.3. The molecule has 0 aliphatic carbocycles. The number of amides is 12. The molecule has 0 radical (unpaired) electrons. The quantitative estimate of drug-likeness (QED) is 0.0174. The number of fused-ring (bicyclic) bond motifs is 1. The number of nitrogens with zero attached hydrogens (tertiary/aromatic N) is 4. The van der Waals surface area contributed by atoms with Gasteiger partial charge in [-0.1, -0.05) is 114 Å². The fraction of sp³-hybridized carbons (Fsp3) is 0.667. The van der Waals surface area contributed by atoms with Crippen molar-refractivity contribution in [3.63, 3.8) is 0 Å². The van der Waals surface area contributed by atoms with Crippen LogP contribution in [0.3, 0.4) is 0 Å². The van der Waals surface area contributed by atoms with Gasteiger partial charge >= 0.3 is 0 Å². The number of guanidine groups is 4. The van der Waals surface area contributed by atoms with Crippen LogP contribution in [0.15, 0.2) is 50.4 Å². The second-order valence-electron chi connectivity index (χ2n) is 29.3. The van der Waals surface area contributed by atoms with Gasteiger partial charge in [0.1, 0.15) is 66.5 Å². The Balaban J connectivity index is 2.53. The highest BCUT2D eigenvalue weighted by atomic mass is 16.2. The standard InChI is InChI=1S/C72H128N26O12/c1-14-40(11)55(67(109)94-51(34-43-35-87-45-24-17-16-23-44(43)45)62(104)90-48(27-21-31-85-71(79)80)59(101)89-46(57(74)99)26-20-30-84-70(77)78)97-61(103)47(25-18-19-29-83-69(75)76)92-66(108)54(39(9)10)95-58(100)42(13)88-65(107)53(38(7)8)96-68(110)56(41(12)15-2)98-63(105)50(33-36(3)4)93-60(102)49(28-22-32-86-72(81)82)91-64(106)52(73)37(5)6/h16-17,23-24,35-42,46-56,87H,14-15,18-22,25-34,73H2,1-13H3,(H2,74,99)(H,88,107)(H,89,101)(H,90,104)(H,91,106)(H,92,108)(H,93,102)(H,94,109)(H,95,100)(H,96,110)(H,97,103)(H,98,105)(H4,75,76,83)(H4,77,78,84)(H4,79,80,85)(H4,81,82,86)/t40-,41-,42-,46-,47-,48-,49-,50-,51-,52-,53-,54-,55-,56-/m0/s1. The summed E-state index contributed by atoms with van der Waals surface area (Å²) < 4.78 is 0. The number of nitrogens with two attached hydrogens (primary N) is 10. The minimum Gasteiger partial charge on any atom is -0.370 e. The van der Waals surface area contributed by atoms with E-state index < -0.39 is 167 Å². The molecular weight excluding hydrogens is 1420 g/mol. The average Bonchev–Trinajstić information content (AvgIpc) is 1.61. The van der Waals surface area contributed by atoms with Crippen LogP contribution in [0.2, 0.25) is 0 Å². The summed E-state index contributed by atoms with van der Waals surface area (Å²) in [7, 11) is 0. The van der Waals surface area contributed by atoms with E-state index in [0.717, 1.165) is 0 Å². The first-order valence-corrected chi connectivity index (χ1v) is 37.8. The number of para-hydroxylation sites is 1. The van der Waals surface area contributed by atoms with Crippen molar-refractivity contribution < 1.29 is 57.5 Å². The van der Waals surface area contributed by atoms with Gasteiger partial charge in [-0.2, -0.15) is 0 Å². The monoisotopic (exact) mass is 1550 g/mol. The van der Waals surface area contributed by atoms with Gasteiger partial charge < -0.3 is 121 Å². The van der Waals surface area contributed by atoms with Crippen LogP contribution in [0.25, 0.3) is 10.9 Å². The van der Waals surface area contributed by atoms with Crippen molar-refractivity contribution >= 4 is 106 Å². The number of aromatic amines is 1. The van der Waals surface area contributed by atoms with Gasteiger partial charge in [0, 0.05) is 49.7 Å². The number of H-pyrrole nitrogens is 1. The number of hydrogen-bond acceptors (Lipinski definition) is 17. The average molecular weight is 1550 g/mol. The van der Waals surface area contributed by atoms with E-state index in [0.29, 0.717) is 35.7 Å². The molecule has 1 heterocycles. The molecule has 0 spiro atoms. The first kappa shape index (κ1) is 95.5. The third-order valence-corrected chi connectivity index (χ3v) is 18.5. The highest BCUT2D eigenvalue weighted by Gasteiger charge is 2.39. The maximum atomic E-state index is 15.0. The number of aromatic nitrogens is 1. The summed E-state index contributed by atoms with van der Waals surface area (Å²) in [5, 5.41) is 30.8. The summed E-state index contributed by atoms with van der Waals surface area (Å²) in [5.41, 5.74) is 57.4. The van der Waals surface area contributed by atoms with E-state index in [1.807, 2.05) is 32.0 Å². The molecule has 0 fully saturated rings. The first-order valence-electron chi connectivity index (χ1n) is 37.8. The predicted molar refractivity (Wildman–Crippen MR) is 423 cm³/mol. The van der Waals surface area contributed by atoms with Gasteiger partial charge in [-0.05, 0) is 118 Å². The van der Waals surface area contributed by atoms with E-state index in [4.69, 9.17) is 57.3 Å². The molecule has 2 rings (SSSR count). The van der Waals surface area contributed by atoms with Crippen LogP contribution in [-0.2, 0) is 64.0 Å². The molecule has 14 atom stereocenters. The van der Waals surface area contributed by atoms with E-state index in [2.05, 4.69) is 83.4 Å². The summed E-state index contributed by atoms with van der Waals surface area (Å²) in [5.74, 6) is -12.9. The molecule has 38 heteroatoms. The highest BCUT2D eigenvalue weighted by Crippen LogP contribution is 2.21. The molecule has 0 aliphatic rings. The normalized spacial score (nSPS) is 15.1. The van der Waals surface area contributed by atoms with Gasteiger partial charge in [0.25, 0.3) is 0 Å². The summed E-state index contributed by atoms with van der Waals surface area (Å²) >= 11 is 0. The fourth-order valence-corrected chi connectivity index (χ4v) is 11.5. The van der Waals surface area contributed by atoms with E-state index in [9.17, 15) is 57.5 Å². The number of nitrogens with one attached hydrogen (secondary N) is 12. The van der Waals surface area contributed by atoms with Crippen LogP contribution in [0.1, 0.15) is 173 Å².